The van der Waals surface area contributed by atoms with Crippen LogP contribution in [0, 0.1) is 0 Å². The van der Waals surface area contributed by atoms with Crippen molar-refractivity contribution in [2.75, 3.05) is 25.6 Å². The smallest absolute Gasteiger partial charge is 0.319 e. The number of methoxy groups -OCH3 is 1. The Morgan fingerprint density at radius 2 is 1.79 bits per heavy atom. The van der Waals surface area contributed by atoms with Gasteiger partial charge < -0.3 is 25.4 Å². The van der Waals surface area contributed by atoms with Crippen molar-refractivity contribution in [3.05, 3.63) is 59.7 Å². The number of anilines is 1. The van der Waals surface area contributed by atoms with Crippen LogP contribution in [-0.2, 0) is 17.8 Å². The summed E-state index contributed by atoms with van der Waals surface area (Å²) in [7, 11) is 1.61. The summed E-state index contributed by atoms with van der Waals surface area (Å²) in [5.74, 6) is 0.799. The average Bonchev–Trinajstić information content (AvgIpc) is 3.23. The number of aliphatic hydroxyl groups is 1. The van der Waals surface area contributed by atoms with Crippen LogP contribution in [0.15, 0.2) is 48.5 Å². The standard InChI is InChI=1S/C22H27N3O4/c1-29-20-10-6-17(7-11-20)14-23-22(28)24-18-8-4-16(5-9-18)13-21(27)25-12-2-3-19(25)15-26/h4-11,19,26H,2-3,12-15H2,1H3,(H2,23,24,28)/t19-/m0/s1. The van der Waals surface area contributed by atoms with E-state index in [2.05, 4.69) is 10.6 Å². The fraction of sp³-hybridized carbons (Fsp3) is 0.364. The van der Waals surface area contributed by atoms with Gasteiger partial charge in [0.25, 0.3) is 0 Å². The highest BCUT2D eigenvalue weighted by Gasteiger charge is 2.27. The lowest BCUT2D eigenvalue weighted by Crippen LogP contribution is -2.38. The van der Waals surface area contributed by atoms with Gasteiger partial charge in [0.1, 0.15) is 5.75 Å². The highest BCUT2D eigenvalue weighted by Crippen LogP contribution is 2.19. The van der Waals surface area contributed by atoms with Crippen LogP contribution < -0.4 is 15.4 Å². The van der Waals surface area contributed by atoms with E-state index in [4.69, 9.17) is 4.74 Å². The second-order valence-electron chi connectivity index (χ2n) is 7.10. The zero-order chi connectivity index (χ0) is 20.6. The first-order valence-electron chi connectivity index (χ1n) is 9.76. The van der Waals surface area contributed by atoms with Gasteiger partial charge in [0.05, 0.1) is 26.2 Å². The maximum atomic E-state index is 12.4. The molecule has 0 bridgehead atoms. The van der Waals surface area contributed by atoms with Crippen LogP contribution in [0.3, 0.4) is 0 Å². The normalized spacial score (nSPS) is 15.8. The summed E-state index contributed by atoms with van der Waals surface area (Å²) < 4.78 is 5.11. The Kier molecular flexibility index (Phi) is 7.08. The minimum absolute atomic E-state index is 0.0141. The lowest BCUT2D eigenvalue weighted by molar-refractivity contribution is -0.131. The largest absolute Gasteiger partial charge is 0.497 e. The molecule has 2 aromatic carbocycles. The van der Waals surface area contributed by atoms with Gasteiger partial charge in [-0.2, -0.15) is 0 Å². The first-order chi connectivity index (χ1) is 14.1. The summed E-state index contributed by atoms with van der Waals surface area (Å²) in [5, 5.41) is 15.0. The molecule has 3 rings (SSSR count). The van der Waals surface area contributed by atoms with Gasteiger partial charge in [-0.05, 0) is 48.2 Å². The van der Waals surface area contributed by atoms with E-state index in [1.54, 1.807) is 24.1 Å². The molecule has 7 heteroatoms. The lowest BCUT2D eigenvalue weighted by Gasteiger charge is -2.23. The van der Waals surface area contributed by atoms with Gasteiger partial charge in [-0.1, -0.05) is 24.3 Å². The lowest BCUT2D eigenvalue weighted by atomic mass is 10.1. The molecule has 7 nitrogen and oxygen atoms in total. The predicted octanol–water partition coefficient (Wildman–Crippen LogP) is 2.54. The van der Waals surface area contributed by atoms with E-state index >= 15 is 0 Å². The summed E-state index contributed by atoms with van der Waals surface area (Å²) in [5.41, 5.74) is 2.50. The number of carbonyl (C=O) groups excluding carboxylic acids is 2. The van der Waals surface area contributed by atoms with Crippen molar-refractivity contribution in [2.45, 2.75) is 31.8 Å². The van der Waals surface area contributed by atoms with Crippen molar-refractivity contribution in [2.24, 2.45) is 0 Å². The molecule has 29 heavy (non-hydrogen) atoms. The molecule has 0 radical (unpaired) electrons. The molecule has 1 fully saturated rings. The van der Waals surface area contributed by atoms with Crippen LogP contribution >= 0.6 is 0 Å². The van der Waals surface area contributed by atoms with Gasteiger partial charge in [-0.15, -0.1) is 0 Å². The molecule has 0 spiro atoms. The summed E-state index contributed by atoms with van der Waals surface area (Å²) in [6, 6.07) is 14.4. The molecule has 0 aliphatic carbocycles. The van der Waals surface area contributed by atoms with Crippen molar-refractivity contribution < 1.29 is 19.4 Å². The first kappa shape index (κ1) is 20.7. The van der Waals surface area contributed by atoms with Gasteiger partial charge in [-0.3, -0.25) is 4.79 Å². The molecule has 154 valence electrons. The fourth-order valence-corrected chi connectivity index (χ4v) is 3.44. The van der Waals surface area contributed by atoms with Gasteiger partial charge in [0, 0.05) is 18.8 Å². The second kappa shape index (κ2) is 9.93. The molecule has 3 N–H and O–H groups in total. The summed E-state index contributed by atoms with van der Waals surface area (Å²) >= 11 is 0. The van der Waals surface area contributed by atoms with Crippen LogP contribution in [-0.4, -0.2) is 48.2 Å². The van der Waals surface area contributed by atoms with Crippen LogP contribution in [0.5, 0.6) is 5.75 Å². The molecule has 1 atom stereocenters. The molecule has 1 aliphatic heterocycles. The number of hydrogen-bond acceptors (Lipinski definition) is 4. The van der Waals surface area contributed by atoms with Crippen molar-refractivity contribution in [1.29, 1.82) is 0 Å². The Morgan fingerprint density at radius 3 is 2.45 bits per heavy atom. The third-order valence-corrected chi connectivity index (χ3v) is 5.09. The number of amides is 3. The van der Waals surface area contributed by atoms with Gasteiger partial charge in [0.2, 0.25) is 5.91 Å². The molecule has 0 saturated carbocycles. The number of nitrogens with one attached hydrogen (secondary N) is 2. The van der Waals surface area contributed by atoms with E-state index in [9.17, 15) is 14.7 Å². The minimum Gasteiger partial charge on any atom is -0.497 e. The van der Waals surface area contributed by atoms with Crippen LogP contribution in [0.1, 0.15) is 24.0 Å². The highest BCUT2D eigenvalue weighted by atomic mass is 16.5. The van der Waals surface area contributed by atoms with Crippen molar-refractivity contribution in [3.8, 4) is 5.75 Å². The maximum absolute atomic E-state index is 12.4. The molecular formula is C22H27N3O4. The van der Waals surface area contributed by atoms with Crippen molar-refractivity contribution in [1.82, 2.24) is 10.2 Å². The molecule has 2 aromatic rings. The molecule has 3 amide bonds. The molecular weight excluding hydrogens is 370 g/mol. The third kappa shape index (κ3) is 5.71. The Morgan fingerprint density at radius 1 is 1.10 bits per heavy atom. The zero-order valence-corrected chi connectivity index (χ0v) is 16.6. The average molecular weight is 397 g/mol. The number of aliphatic hydroxyl groups excluding tert-OH is 1. The summed E-state index contributed by atoms with van der Waals surface area (Å²) in [4.78, 5) is 26.3. The Hall–Kier alpha value is -3.06. The molecule has 1 saturated heterocycles. The summed E-state index contributed by atoms with van der Waals surface area (Å²) in [6.45, 7) is 1.13. The number of likely N-dealkylation sites (tertiary alicyclic amines) is 1. The number of ether oxygens (including phenoxy) is 1. The van der Waals surface area contributed by atoms with Crippen molar-refractivity contribution in [3.63, 3.8) is 0 Å². The second-order valence-corrected chi connectivity index (χ2v) is 7.10. The fourth-order valence-electron chi connectivity index (χ4n) is 3.44. The van der Waals surface area contributed by atoms with E-state index in [1.807, 2.05) is 36.4 Å². The maximum Gasteiger partial charge on any atom is 0.319 e. The Balaban J connectivity index is 1.46. The topological polar surface area (TPSA) is 90.9 Å². The quantitative estimate of drug-likeness (QED) is 0.670. The SMILES string of the molecule is COc1ccc(CNC(=O)Nc2ccc(CC(=O)N3CCC[C@H]3CO)cc2)cc1. The molecule has 0 aromatic heterocycles. The van der Waals surface area contributed by atoms with Crippen LogP contribution in [0.4, 0.5) is 10.5 Å². The van der Waals surface area contributed by atoms with E-state index in [0.29, 0.717) is 25.2 Å². The molecule has 1 heterocycles. The predicted molar refractivity (Wildman–Crippen MR) is 111 cm³/mol. The minimum atomic E-state index is -0.299. The number of benzene rings is 2. The highest BCUT2D eigenvalue weighted by molar-refractivity contribution is 5.89. The van der Waals surface area contributed by atoms with E-state index in [0.717, 1.165) is 29.7 Å². The van der Waals surface area contributed by atoms with Crippen LogP contribution in [0.25, 0.3) is 0 Å². The number of hydrogen-bond donors (Lipinski definition) is 3. The Labute approximate surface area is 170 Å². The summed E-state index contributed by atoms with van der Waals surface area (Å²) in [6.07, 6.45) is 2.09. The monoisotopic (exact) mass is 397 g/mol. The van der Waals surface area contributed by atoms with E-state index in [-0.39, 0.29) is 24.6 Å². The van der Waals surface area contributed by atoms with Gasteiger partial charge in [0.15, 0.2) is 0 Å². The molecule has 1 aliphatic rings. The van der Waals surface area contributed by atoms with Crippen molar-refractivity contribution >= 4 is 17.6 Å². The number of rotatable bonds is 7. The van der Waals surface area contributed by atoms with E-state index < -0.39 is 0 Å². The van der Waals surface area contributed by atoms with Gasteiger partial charge >= 0.3 is 6.03 Å². The Bertz CT molecular complexity index is 821. The van der Waals surface area contributed by atoms with Gasteiger partial charge in [-0.25, -0.2) is 4.79 Å². The van der Waals surface area contributed by atoms with Crippen LogP contribution in [0.2, 0.25) is 0 Å². The number of carbonyl (C=O) groups is 2. The number of urea groups is 1. The first-order valence-corrected chi connectivity index (χ1v) is 9.76. The molecule has 0 unspecified atom stereocenters. The van der Waals surface area contributed by atoms with E-state index in [1.165, 1.54) is 0 Å². The third-order valence-electron chi connectivity index (χ3n) is 5.09. The number of nitrogens with zero attached hydrogens (tertiary/aromatic N) is 1. The zero-order valence-electron chi connectivity index (χ0n) is 16.6.